The van der Waals surface area contributed by atoms with Crippen LogP contribution in [0.15, 0.2) is 47.4 Å². The van der Waals surface area contributed by atoms with Crippen LogP contribution in [0.1, 0.15) is 41.0 Å². The SMILES string of the molecule is CCC(NC(c1cccs1)c1cccs1)c1ncc[nH]1. The van der Waals surface area contributed by atoms with Crippen LogP contribution in [0.4, 0.5) is 0 Å². The molecule has 3 rings (SSSR count). The third kappa shape index (κ3) is 2.85. The van der Waals surface area contributed by atoms with E-state index in [1.54, 1.807) is 22.7 Å². The van der Waals surface area contributed by atoms with E-state index >= 15 is 0 Å². The topological polar surface area (TPSA) is 40.7 Å². The molecule has 0 spiro atoms. The highest BCUT2D eigenvalue weighted by atomic mass is 32.1. The second kappa shape index (κ2) is 6.35. The van der Waals surface area contributed by atoms with Crippen molar-refractivity contribution >= 4 is 22.7 Å². The summed E-state index contributed by atoms with van der Waals surface area (Å²) in [6.07, 6.45) is 4.69. The van der Waals surface area contributed by atoms with Crippen molar-refractivity contribution in [2.45, 2.75) is 25.4 Å². The number of hydrogen-bond acceptors (Lipinski definition) is 4. The largest absolute Gasteiger partial charge is 0.347 e. The molecule has 3 aromatic rings. The van der Waals surface area contributed by atoms with Crippen LogP contribution in [-0.4, -0.2) is 9.97 Å². The average Bonchev–Trinajstić information content (AvgIpc) is 3.23. The van der Waals surface area contributed by atoms with Crippen molar-refractivity contribution < 1.29 is 0 Å². The molecule has 0 bridgehead atoms. The van der Waals surface area contributed by atoms with Crippen LogP contribution in [0, 0.1) is 0 Å². The summed E-state index contributed by atoms with van der Waals surface area (Å²) in [5, 5.41) is 8.00. The molecule has 3 aromatic heterocycles. The summed E-state index contributed by atoms with van der Waals surface area (Å²) in [4.78, 5) is 10.3. The van der Waals surface area contributed by atoms with Gasteiger partial charge in [-0.2, -0.15) is 0 Å². The van der Waals surface area contributed by atoms with Gasteiger partial charge in [-0.05, 0) is 29.3 Å². The van der Waals surface area contributed by atoms with Gasteiger partial charge in [0.1, 0.15) is 5.82 Å². The third-order valence-electron chi connectivity index (χ3n) is 3.28. The Labute approximate surface area is 126 Å². The number of hydrogen-bond donors (Lipinski definition) is 2. The minimum Gasteiger partial charge on any atom is -0.347 e. The van der Waals surface area contributed by atoms with Crippen molar-refractivity contribution in [3.8, 4) is 0 Å². The molecule has 3 nitrogen and oxygen atoms in total. The molecule has 2 N–H and O–H groups in total. The van der Waals surface area contributed by atoms with Crippen molar-refractivity contribution in [2.75, 3.05) is 0 Å². The molecule has 104 valence electrons. The number of H-pyrrole nitrogens is 1. The summed E-state index contributed by atoms with van der Waals surface area (Å²) in [6, 6.07) is 9.07. The normalized spacial score (nSPS) is 12.9. The molecular weight excluding hydrogens is 286 g/mol. The maximum absolute atomic E-state index is 4.39. The van der Waals surface area contributed by atoms with E-state index in [0.29, 0.717) is 0 Å². The van der Waals surface area contributed by atoms with Gasteiger partial charge in [-0.1, -0.05) is 19.1 Å². The lowest BCUT2D eigenvalue weighted by atomic mass is 10.1. The number of imidazole rings is 1. The highest BCUT2D eigenvalue weighted by molar-refractivity contribution is 7.11. The predicted molar refractivity (Wildman–Crippen MR) is 85.2 cm³/mol. The second-order valence-corrected chi connectivity index (χ2v) is 6.52. The summed E-state index contributed by atoms with van der Waals surface area (Å²) in [5.41, 5.74) is 0. The molecule has 3 heterocycles. The van der Waals surface area contributed by atoms with Gasteiger partial charge < -0.3 is 4.98 Å². The number of rotatable bonds is 6. The fourth-order valence-corrected chi connectivity index (χ4v) is 3.95. The molecule has 0 saturated carbocycles. The number of aromatic nitrogens is 2. The highest BCUT2D eigenvalue weighted by Crippen LogP contribution is 2.31. The number of aromatic amines is 1. The molecule has 20 heavy (non-hydrogen) atoms. The maximum atomic E-state index is 4.39. The average molecular weight is 303 g/mol. The Morgan fingerprint density at radius 2 is 1.90 bits per heavy atom. The van der Waals surface area contributed by atoms with Crippen molar-refractivity contribution in [3.63, 3.8) is 0 Å². The van der Waals surface area contributed by atoms with E-state index in [0.717, 1.165) is 12.2 Å². The zero-order valence-electron chi connectivity index (χ0n) is 11.2. The van der Waals surface area contributed by atoms with Gasteiger partial charge in [0.15, 0.2) is 0 Å². The fourth-order valence-electron chi connectivity index (χ4n) is 2.27. The van der Waals surface area contributed by atoms with Gasteiger partial charge in [0.05, 0.1) is 12.1 Å². The number of nitrogens with zero attached hydrogens (tertiary/aromatic N) is 1. The molecule has 5 heteroatoms. The van der Waals surface area contributed by atoms with Gasteiger partial charge in [-0.15, -0.1) is 22.7 Å². The van der Waals surface area contributed by atoms with Gasteiger partial charge in [0.25, 0.3) is 0 Å². The third-order valence-corrected chi connectivity index (χ3v) is 5.16. The summed E-state index contributed by atoms with van der Waals surface area (Å²) in [6.45, 7) is 2.18. The van der Waals surface area contributed by atoms with Crippen molar-refractivity contribution in [2.24, 2.45) is 0 Å². The maximum Gasteiger partial charge on any atom is 0.123 e. The van der Waals surface area contributed by atoms with E-state index in [4.69, 9.17) is 0 Å². The van der Waals surface area contributed by atoms with Crippen LogP contribution in [0.25, 0.3) is 0 Å². The van der Waals surface area contributed by atoms with Crippen molar-refractivity contribution in [1.82, 2.24) is 15.3 Å². The predicted octanol–water partition coefficient (Wildman–Crippen LogP) is 4.36. The lowest BCUT2D eigenvalue weighted by molar-refractivity contribution is 0.464. The van der Waals surface area contributed by atoms with Gasteiger partial charge in [-0.3, -0.25) is 5.32 Å². The van der Waals surface area contributed by atoms with E-state index in [1.807, 2.05) is 12.4 Å². The van der Waals surface area contributed by atoms with Crippen LogP contribution >= 0.6 is 22.7 Å². The molecular formula is C15H17N3S2. The Morgan fingerprint density at radius 1 is 1.20 bits per heavy atom. The van der Waals surface area contributed by atoms with Crippen LogP contribution in [0.3, 0.4) is 0 Å². The Bertz CT molecular complexity index is 565. The van der Waals surface area contributed by atoms with E-state index in [2.05, 4.69) is 57.2 Å². The highest BCUT2D eigenvalue weighted by Gasteiger charge is 2.21. The minimum atomic E-state index is 0.235. The smallest absolute Gasteiger partial charge is 0.123 e. The Balaban J connectivity index is 1.87. The van der Waals surface area contributed by atoms with Gasteiger partial charge in [-0.25, -0.2) is 4.98 Å². The molecule has 0 aromatic carbocycles. The van der Waals surface area contributed by atoms with E-state index < -0.39 is 0 Å². The monoisotopic (exact) mass is 303 g/mol. The molecule has 0 aliphatic heterocycles. The molecule has 0 saturated heterocycles. The first-order valence-corrected chi connectivity index (χ1v) is 8.46. The number of nitrogens with one attached hydrogen (secondary N) is 2. The van der Waals surface area contributed by atoms with Crippen LogP contribution in [0.2, 0.25) is 0 Å². The standard InChI is InChI=1S/C15H17N3S2/c1-2-11(15-16-7-8-17-15)18-14(12-5-3-9-19-12)13-6-4-10-20-13/h3-11,14,18H,2H2,1H3,(H,16,17). The zero-order valence-corrected chi connectivity index (χ0v) is 12.9. The molecule has 0 aliphatic rings. The van der Waals surface area contributed by atoms with Gasteiger partial charge in [0, 0.05) is 22.1 Å². The Hall–Kier alpha value is -1.43. The summed E-state index contributed by atoms with van der Waals surface area (Å²) in [7, 11) is 0. The fraction of sp³-hybridized carbons (Fsp3) is 0.267. The van der Waals surface area contributed by atoms with Crippen LogP contribution in [0.5, 0.6) is 0 Å². The molecule has 0 fully saturated rings. The van der Waals surface area contributed by atoms with Crippen LogP contribution in [-0.2, 0) is 0 Å². The quantitative estimate of drug-likeness (QED) is 0.710. The molecule has 1 atom stereocenters. The first kappa shape index (κ1) is 13.5. The zero-order chi connectivity index (χ0) is 13.8. The summed E-state index contributed by atoms with van der Waals surface area (Å²) in [5.74, 6) is 1.01. The van der Waals surface area contributed by atoms with Gasteiger partial charge in [0.2, 0.25) is 0 Å². The summed E-state index contributed by atoms with van der Waals surface area (Å²) >= 11 is 3.59. The number of thiophene rings is 2. The van der Waals surface area contributed by atoms with Crippen LogP contribution < -0.4 is 5.32 Å². The van der Waals surface area contributed by atoms with Crippen molar-refractivity contribution in [1.29, 1.82) is 0 Å². The van der Waals surface area contributed by atoms with E-state index in [-0.39, 0.29) is 12.1 Å². The molecule has 0 amide bonds. The lowest BCUT2D eigenvalue weighted by Crippen LogP contribution is -2.26. The second-order valence-electron chi connectivity index (χ2n) is 4.57. The Morgan fingerprint density at radius 3 is 2.35 bits per heavy atom. The van der Waals surface area contributed by atoms with Gasteiger partial charge >= 0.3 is 0 Å². The first-order valence-electron chi connectivity index (χ1n) is 6.70. The minimum absolute atomic E-state index is 0.235. The van der Waals surface area contributed by atoms with E-state index in [1.165, 1.54) is 9.75 Å². The molecule has 0 aliphatic carbocycles. The summed E-state index contributed by atoms with van der Waals surface area (Å²) < 4.78 is 0. The van der Waals surface area contributed by atoms with Crippen molar-refractivity contribution in [3.05, 3.63) is 63.0 Å². The Kier molecular flexibility index (Phi) is 4.30. The first-order chi connectivity index (χ1) is 9.88. The van der Waals surface area contributed by atoms with E-state index in [9.17, 15) is 0 Å². The lowest BCUT2D eigenvalue weighted by Gasteiger charge is -2.22. The molecule has 1 unspecified atom stereocenters. The molecule has 0 radical (unpaired) electrons.